The first-order valence-corrected chi connectivity index (χ1v) is 9.13. The number of methoxy groups -OCH3 is 1. The Kier molecular flexibility index (Phi) is 5.17. The number of esters is 1. The van der Waals surface area contributed by atoms with E-state index in [1.54, 1.807) is 17.7 Å². The van der Waals surface area contributed by atoms with Gasteiger partial charge in [0.1, 0.15) is 23.5 Å². The Labute approximate surface area is 150 Å². The van der Waals surface area contributed by atoms with E-state index in [1.165, 1.54) is 17.6 Å². The van der Waals surface area contributed by atoms with Gasteiger partial charge in [0.15, 0.2) is 0 Å². The van der Waals surface area contributed by atoms with Crippen LogP contribution < -0.4 is 10.2 Å². The van der Waals surface area contributed by atoms with Crippen molar-refractivity contribution in [3.63, 3.8) is 0 Å². The van der Waals surface area contributed by atoms with Crippen LogP contribution in [0.4, 0.5) is 5.82 Å². The SMILES string of the molecule is COC(=O)CNC(=O)C1CCN(c2ncnc3sc(C)c(C)c23)CC1. The number of anilines is 1. The van der Waals surface area contributed by atoms with Gasteiger partial charge in [-0.2, -0.15) is 0 Å². The van der Waals surface area contributed by atoms with Gasteiger partial charge in [0.2, 0.25) is 5.91 Å². The van der Waals surface area contributed by atoms with Gasteiger partial charge in [-0.1, -0.05) is 0 Å². The third-order valence-corrected chi connectivity index (χ3v) is 5.86. The number of hydrogen-bond acceptors (Lipinski definition) is 7. The number of hydrogen-bond donors (Lipinski definition) is 1. The lowest BCUT2D eigenvalue weighted by Crippen LogP contribution is -2.42. The van der Waals surface area contributed by atoms with Crippen LogP contribution in [0, 0.1) is 19.8 Å². The monoisotopic (exact) mass is 362 g/mol. The van der Waals surface area contributed by atoms with Crippen LogP contribution in [0.5, 0.6) is 0 Å². The second-order valence-electron chi connectivity index (χ2n) is 6.22. The van der Waals surface area contributed by atoms with Crippen molar-refractivity contribution in [2.45, 2.75) is 26.7 Å². The van der Waals surface area contributed by atoms with Crippen LogP contribution in [0.25, 0.3) is 10.2 Å². The predicted molar refractivity (Wildman–Crippen MR) is 96.9 cm³/mol. The van der Waals surface area contributed by atoms with Crippen LogP contribution in [0.1, 0.15) is 23.3 Å². The molecule has 0 aromatic carbocycles. The molecule has 0 saturated carbocycles. The number of carbonyl (C=O) groups excluding carboxylic acids is 2. The standard InChI is InChI=1S/C17H22N4O3S/c1-10-11(2)25-17-14(10)15(19-9-20-17)21-6-4-12(5-7-21)16(23)18-8-13(22)24-3/h9,12H,4-8H2,1-3H3,(H,18,23). The van der Waals surface area contributed by atoms with Gasteiger partial charge >= 0.3 is 5.97 Å². The molecule has 1 N–H and O–H groups in total. The van der Waals surface area contributed by atoms with Crippen molar-refractivity contribution < 1.29 is 14.3 Å². The van der Waals surface area contributed by atoms with E-state index in [9.17, 15) is 9.59 Å². The number of ether oxygens (including phenoxy) is 1. The maximum atomic E-state index is 12.2. The molecule has 3 heterocycles. The van der Waals surface area contributed by atoms with Gasteiger partial charge in [0.25, 0.3) is 0 Å². The largest absolute Gasteiger partial charge is 0.468 e. The number of nitrogens with one attached hydrogen (secondary N) is 1. The van der Waals surface area contributed by atoms with Gasteiger partial charge in [-0.15, -0.1) is 11.3 Å². The molecule has 0 radical (unpaired) electrons. The van der Waals surface area contributed by atoms with E-state index in [0.717, 1.165) is 42.0 Å². The van der Waals surface area contributed by atoms with Gasteiger partial charge in [-0.3, -0.25) is 9.59 Å². The predicted octanol–water partition coefficient (Wildman–Crippen LogP) is 1.81. The molecule has 1 aliphatic heterocycles. The minimum absolute atomic E-state index is 0.0740. The molecule has 0 spiro atoms. The van der Waals surface area contributed by atoms with Crippen LogP contribution >= 0.6 is 11.3 Å². The van der Waals surface area contributed by atoms with E-state index in [1.807, 2.05) is 0 Å². The Balaban J connectivity index is 1.67. The molecule has 0 unspecified atom stereocenters. The molecule has 1 aliphatic rings. The maximum absolute atomic E-state index is 12.2. The van der Waals surface area contributed by atoms with Gasteiger partial charge in [0.05, 0.1) is 12.5 Å². The fraction of sp³-hybridized carbons (Fsp3) is 0.529. The second-order valence-corrected chi connectivity index (χ2v) is 7.42. The first-order valence-electron chi connectivity index (χ1n) is 8.31. The molecule has 1 saturated heterocycles. The van der Waals surface area contributed by atoms with Crippen molar-refractivity contribution in [1.29, 1.82) is 0 Å². The lowest BCUT2D eigenvalue weighted by molar-refractivity contribution is -0.141. The summed E-state index contributed by atoms with van der Waals surface area (Å²) in [4.78, 5) is 36.7. The molecule has 3 rings (SSSR count). The number of nitrogens with zero attached hydrogens (tertiary/aromatic N) is 3. The molecule has 7 nitrogen and oxygen atoms in total. The van der Waals surface area contributed by atoms with Gasteiger partial charge in [0, 0.05) is 23.9 Å². The maximum Gasteiger partial charge on any atom is 0.325 e. The molecule has 1 fully saturated rings. The summed E-state index contributed by atoms with van der Waals surface area (Å²) in [5, 5.41) is 3.77. The molecule has 134 valence electrons. The molecule has 0 aliphatic carbocycles. The molecule has 0 atom stereocenters. The van der Waals surface area contributed by atoms with Crippen LogP contribution in [0.2, 0.25) is 0 Å². The number of amides is 1. The van der Waals surface area contributed by atoms with Gasteiger partial charge < -0.3 is 15.0 Å². The zero-order valence-corrected chi connectivity index (χ0v) is 15.5. The van der Waals surface area contributed by atoms with E-state index in [2.05, 4.69) is 38.8 Å². The Morgan fingerprint density at radius 3 is 2.72 bits per heavy atom. The normalized spacial score (nSPS) is 15.4. The molecular weight excluding hydrogens is 340 g/mol. The minimum atomic E-state index is -0.433. The quantitative estimate of drug-likeness (QED) is 0.835. The zero-order chi connectivity index (χ0) is 18.0. The van der Waals surface area contributed by atoms with Crippen LogP contribution in [0.3, 0.4) is 0 Å². The molecule has 25 heavy (non-hydrogen) atoms. The molecular formula is C17H22N4O3S. The number of fused-ring (bicyclic) bond motifs is 1. The van der Waals surface area contributed by atoms with Crippen molar-refractivity contribution in [3.8, 4) is 0 Å². The average molecular weight is 362 g/mol. The Hall–Kier alpha value is -2.22. The Bertz CT molecular complexity index is 797. The summed E-state index contributed by atoms with van der Waals surface area (Å²) in [6, 6.07) is 0. The van der Waals surface area contributed by atoms with E-state index in [4.69, 9.17) is 0 Å². The highest BCUT2D eigenvalue weighted by atomic mass is 32.1. The highest BCUT2D eigenvalue weighted by Crippen LogP contribution is 2.35. The first-order chi connectivity index (χ1) is 12.0. The highest BCUT2D eigenvalue weighted by Gasteiger charge is 2.27. The van der Waals surface area contributed by atoms with E-state index >= 15 is 0 Å². The summed E-state index contributed by atoms with van der Waals surface area (Å²) in [6.45, 7) is 5.65. The van der Waals surface area contributed by atoms with Gasteiger partial charge in [-0.25, -0.2) is 9.97 Å². The van der Waals surface area contributed by atoms with Crippen LogP contribution in [0.15, 0.2) is 6.33 Å². The molecule has 8 heteroatoms. The summed E-state index contributed by atoms with van der Waals surface area (Å²) < 4.78 is 4.54. The summed E-state index contributed by atoms with van der Waals surface area (Å²) in [7, 11) is 1.31. The number of carbonyl (C=O) groups is 2. The van der Waals surface area contributed by atoms with Crippen molar-refractivity contribution >= 4 is 39.2 Å². The third-order valence-electron chi connectivity index (χ3n) is 4.75. The lowest BCUT2D eigenvalue weighted by Gasteiger charge is -2.32. The number of piperidine rings is 1. The molecule has 0 bridgehead atoms. The smallest absolute Gasteiger partial charge is 0.325 e. The van der Waals surface area contributed by atoms with E-state index in [-0.39, 0.29) is 18.4 Å². The molecule has 1 amide bonds. The van der Waals surface area contributed by atoms with Crippen molar-refractivity contribution in [3.05, 3.63) is 16.8 Å². The fourth-order valence-electron chi connectivity index (χ4n) is 3.13. The van der Waals surface area contributed by atoms with Gasteiger partial charge in [-0.05, 0) is 32.3 Å². The van der Waals surface area contributed by atoms with Crippen LogP contribution in [-0.4, -0.2) is 48.6 Å². The second kappa shape index (κ2) is 7.35. The Morgan fingerprint density at radius 2 is 2.04 bits per heavy atom. The van der Waals surface area contributed by atoms with E-state index in [0.29, 0.717) is 0 Å². The topological polar surface area (TPSA) is 84.4 Å². The lowest BCUT2D eigenvalue weighted by atomic mass is 9.95. The van der Waals surface area contributed by atoms with E-state index < -0.39 is 5.97 Å². The number of rotatable bonds is 4. The first kappa shape index (κ1) is 17.6. The summed E-state index contributed by atoms with van der Waals surface area (Å²) >= 11 is 1.69. The fourth-order valence-corrected chi connectivity index (χ4v) is 4.12. The summed E-state index contributed by atoms with van der Waals surface area (Å²) in [5.41, 5.74) is 1.23. The molecule has 2 aromatic heterocycles. The van der Waals surface area contributed by atoms with Crippen molar-refractivity contribution in [1.82, 2.24) is 15.3 Å². The van der Waals surface area contributed by atoms with Crippen LogP contribution in [-0.2, 0) is 14.3 Å². The summed E-state index contributed by atoms with van der Waals surface area (Å²) in [6.07, 6.45) is 3.09. The van der Waals surface area contributed by atoms with Crippen molar-refractivity contribution in [2.75, 3.05) is 31.6 Å². The summed E-state index contributed by atoms with van der Waals surface area (Å²) in [5.74, 6) is 0.363. The number of aromatic nitrogens is 2. The zero-order valence-electron chi connectivity index (χ0n) is 14.7. The number of thiophene rings is 1. The minimum Gasteiger partial charge on any atom is -0.468 e. The highest BCUT2D eigenvalue weighted by molar-refractivity contribution is 7.18. The molecule has 2 aromatic rings. The Morgan fingerprint density at radius 1 is 1.32 bits per heavy atom. The third kappa shape index (κ3) is 3.58. The number of aryl methyl sites for hydroxylation is 2. The average Bonchev–Trinajstić information content (AvgIpc) is 2.93. The van der Waals surface area contributed by atoms with Crippen molar-refractivity contribution in [2.24, 2.45) is 5.92 Å².